The lowest BCUT2D eigenvalue weighted by Gasteiger charge is -2.26. The molecule has 16 nitrogen and oxygen atoms in total. The van der Waals surface area contributed by atoms with Gasteiger partial charge in [0.15, 0.2) is 11.5 Å². The normalized spacial score (nSPS) is 19.5. The third kappa shape index (κ3) is 11.7. The number of carbonyl (C=O) groups excluding carboxylic acids is 3. The molecule has 0 spiro atoms. The number of amides is 3. The lowest BCUT2D eigenvalue weighted by atomic mass is 10.0. The standard InChI is InChI=1S/C34H48N8O8S/c1-24(43)31-34(46)35-14-17-41(15-8-20-51(47,48)40(2)3)16-13-27-23-42(39-38-27)18-19-50-29-12-11-26(22-30(29)49-4)32(44)36-28(33(45)37-31)21-25-9-6-5-7-10-25/h5-7,9-12,22-24,28,31,43H,8,13-21H2,1-4H3,(H,35,46)(H,36,44)(H,37,45)/t24-,28-,31+/m1/s1. The highest BCUT2D eigenvalue weighted by Gasteiger charge is 2.30. The van der Waals surface area contributed by atoms with Gasteiger partial charge in [-0.3, -0.25) is 14.4 Å². The average molecular weight is 729 g/mol. The molecule has 4 N–H and O–H groups in total. The van der Waals surface area contributed by atoms with Crippen LogP contribution in [0.5, 0.6) is 11.5 Å². The molecule has 0 fully saturated rings. The molecule has 2 aliphatic rings. The Morgan fingerprint density at radius 2 is 1.82 bits per heavy atom. The van der Waals surface area contributed by atoms with Crippen molar-refractivity contribution in [1.29, 1.82) is 0 Å². The van der Waals surface area contributed by atoms with Gasteiger partial charge in [0, 0.05) is 58.3 Å². The Kier molecular flexibility index (Phi) is 14.3. The zero-order chi connectivity index (χ0) is 37.0. The predicted molar refractivity (Wildman–Crippen MR) is 189 cm³/mol. The van der Waals surface area contributed by atoms with Gasteiger partial charge in [-0.05, 0) is 43.7 Å². The summed E-state index contributed by atoms with van der Waals surface area (Å²) in [7, 11) is 1.05. The number of ether oxygens (including phenoxy) is 2. The fourth-order valence-corrected chi connectivity index (χ4v) is 6.27. The summed E-state index contributed by atoms with van der Waals surface area (Å²) in [4.78, 5) is 42.5. The van der Waals surface area contributed by atoms with E-state index in [1.165, 1.54) is 38.5 Å². The van der Waals surface area contributed by atoms with Gasteiger partial charge in [0.25, 0.3) is 5.91 Å². The van der Waals surface area contributed by atoms with Gasteiger partial charge in [-0.2, -0.15) is 0 Å². The lowest BCUT2D eigenvalue weighted by molar-refractivity contribution is -0.132. The maximum atomic E-state index is 13.7. The zero-order valence-corrected chi connectivity index (χ0v) is 30.3. The highest BCUT2D eigenvalue weighted by atomic mass is 32.2. The first-order chi connectivity index (χ1) is 24.4. The fraction of sp³-hybridized carbons (Fsp3) is 0.500. The van der Waals surface area contributed by atoms with Crippen LogP contribution in [-0.2, 0) is 39.0 Å². The van der Waals surface area contributed by atoms with E-state index in [0.29, 0.717) is 50.5 Å². The maximum Gasteiger partial charge on any atom is 0.252 e. The van der Waals surface area contributed by atoms with Gasteiger partial charge in [0.2, 0.25) is 21.8 Å². The Balaban J connectivity index is 1.59. The molecule has 2 aliphatic heterocycles. The number of aliphatic hydroxyl groups is 1. The summed E-state index contributed by atoms with van der Waals surface area (Å²) < 4.78 is 39.0. The molecule has 0 saturated carbocycles. The van der Waals surface area contributed by atoms with E-state index in [9.17, 15) is 27.9 Å². The van der Waals surface area contributed by atoms with Crippen molar-refractivity contribution in [2.75, 3.05) is 59.7 Å². The van der Waals surface area contributed by atoms with Crippen LogP contribution < -0.4 is 25.4 Å². The largest absolute Gasteiger partial charge is 0.493 e. The number of aromatic nitrogens is 3. The van der Waals surface area contributed by atoms with E-state index in [-0.39, 0.29) is 30.9 Å². The van der Waals surface area contributed by atoms with Gasteiger partial charge in [-0.1, -0.05) is 35.5 Å². The lowest BCUT2D eigenvalue weighted by Crippen LogP contribution is -2.58. The van der Waals surface area contributed by atoms with E-state index in [1.54, 1.807) is 16.8 Å². The number of carbonyl (C=O) groups is 3. The Morgan fingerprint density at radius 3 is 2.53 bits per heavy atom. The topological polar surface area (TPSA) is 197 Å². The molecule has 1 aromatic heterocycles. The van der Waals surface area contributed by atoms with Crippen LogP contribution in [0.3, 0.4) is 0 Å². The highest BCUT2D eigenvalue weighted by Crippen LogP contribution is 2.28. The molecule has 17 heteroatoms. The van der Waals surface area contributed by atoms with Crippen LogP contribution in [0, 0.1) is 0 Å². The molecular formula is C34H48N8O8S. The number of rotatable bonds is 9. The van der Waals surface area contributed by atoms with E-state index in [4.69, 9.17) is 9.47 Å². The minimum Gasteiger partial charge on any atom is -0.493 e. The van der Waals surface area contributed by atoms with E-state index in [0.717, 1.165) is 11.3 Å². The highest BCUT2D eigenvalue weighted by molar-refractivity contribution is 7.89. The molecule has 3 aromatic rings. The van der Waals surface area contributed by atoms with Gasteiger partial charge in [0.05, 0.1) is 31.2 Å². The summed E-state index contributed by atoms with van der Waals surface area (Å²) >= 11 is 0. The van der Waals surface area contributed by atoms with Gasteiger partial charge in [-0.15, -0.1) is 5.10 Å². The number of hydrogen-bond acceptors (Lipinski definition) is 11. The van der Waals surface area contributed by atoms with Crippen molar-refractivity contribution in [2.24, 2.45) is 0 Å². The van der Waals surface area contributed by atoms with E-state index in [1.807, 2.05) is 41.4 Å². The molecular weight excluding hydrogens is 680 g/mol. The van der Waals surface area contributed by atoms with Gasteiger partial charge in [-0.25, -0.2) is 17.4 Å². The summed E-state index contributed by atoms with van der Waals surface area (Å²) in [5.74, 6) is -1.14. The average Bonchev–Trinajstić information content (AvgIpc) is 3.56. The Morgan fingerprint density at radius 1 is 1.06 bits per heavy atom. The van der Waals surface area contributed by atoms with Crippen molar-refractivity contribution in [3.63, 3.8) is 0 Å². The number of sulfonamides is 1. The number of benzene rings is 2. The second kappa shape index (κ2) is 18.6. The number of fused-ring (bicyclic) bond motifs is 16. The number of methoxy groups -OCH3 is 1. The molecule has 4 bridgehead atoms. The monoisotopic (exact) mass is 728 g/mol. The summed E-state index contributed by atoms with van der Waals surface area (Å²) in [6.45, 7) is 3.48. The second-order valence-electron chi connectivity index (χ2n) is 12.5. The van der Waals surface area contributed by atoms with E-state index in [2.05, 4.69) is 26.3 Å². The number of nitrogens with zero attached hydrogens (tertiary/aromatic N) is 5. The quantitative estimate of drug-likeness (QED) is 0.214. The van der Waals surface area contributed by atoms with Crippen LogP contribution in [-0.4, -0.2) is 133 Å². The fourth-order valence-electron chi connectivity index (χ4n) is 5.41. The molecule has 51 heavy (non-hydrogen) atoms. The zero-order valence-electron chi connectivity index (χ0n) is 29.4. The van der Waals surface area contributed by atoms with E-state index < -0.39 is 45.9 Å². The first-order valence-corrected chi connectivity index (χ1v) is 18.4. The minimum atomic E-state index is -3.39. The molecule has 0 saturated heterocycles. The van der Waals surface area contributed by atoms with Crippen molar-refractivity contribution in [3.8, 4) is 11.5 Å². The van der Waals surface area contributed by atoms with Crippen molar-refractivity contribution >= 4 is 27.7 Å². The predicted octanol–water partition coefficient (Wildman–Crippen LogP) is -0.172. The Bertz CT molecular complexity index is 1720. The van der Waals surface area contributed by atoms with E-state index >= 15 is 0 Å². The number of aliphatic hydroxyl groups excluding tert-OH is 1. The van der Waals surface area contributed by atoms with Crippen LogP contribution in [0.15, 0.2) is 54.7 Å². The second-order valence-corrected chi connectivity index (χ2v) is 14.8. The molecule has 0 radical (unpaired) electrons. The van der Waals surface area contributed by atoms with Crippen LogP contribution in [0.25, 0.3) is 0 Å². The molecule has 5 rings (SSSR count). The molecule has 278 valence electrons. The smallest absolute Gasteiger partial charge is 0.252 e. The molecule has 3 atom stereocenters. The van der Waals surface area contributed by atoms with Crippen LogP contribution in [0.2, 0.25) is 0 Å². The first-order valence-electron chi connectivity index (χ1n) is 16.8. The van der Waals surface area contributed by atoms with Crippen LogP contribution in [0.4, 0.5) is 0 Å². The molecule has 0 unspecified atom stereocenters. The van der Waals surface area contributed by atoms with Crippen molar-refractivity contribution < 1.29 is 37.4 Å². The summed E-state index contributed by atoms with van der Waals surface area (Å²) in [5.41, 5.74) is 1.71. The Labute approximate surface area is 298 Å². The van der Waals surface area contributed by atoms with Crippen LogP contribution in [0.1, 0.15) is 35.0 Å². The molecule has 3 heterocycles. The summed E-state index contributed by atoms with van der Waals surface area (Å²) in [6, 6.07) is 11.4. The number of hydrogen-bond donors (Lipinski definition) is 4. The SMILES string of the molecule is COc1cc2ccc1OCCn1cc(nn1)CCN(CCCS(=O)(=O)N(C)C)CCNC(=O)[C@H]([C@@H](C)O)NC(=O)[C@@H](Cc1ccccc1)NC2=O. The van der Waals surface area contributed by atoms with Gasteiger partial charge < -0.3 is 35.4 Å². The van der Waals surface area contributed by atoms with Crippen molar-refractivity contribution in [3.05, 3.63) is 71.5 Å². The van der Waals surface area contributed by atoms with Gasteiger partial charge >= 0.3 is 0 Å². The van der Waals surface area contributed by atoms with Crippen molar-refractivity contribution in [2.45, 2.75) is 50.9 Å². The molecule has 0 aliphatic carbocycles. The van der Waals surface area contributed by atoms with Crippen LogP contribution >= 0.6 is 0 Å². The maximum absolute atomic E-state index is 13.7. The first kappa shape index (κ1) is 39.2. The molecule has 2 aromatic carbocycles. The summed E-state index contributed by atoms with van der Waals surface area (Å²) in [5, 5.41) is 27.2. The summed E-state index contributed by atoms with van der Waals surface area (Å²) in [6.07, 6.45) is 1.54. The minimum absolute atomic E-state index is 0.0384. The Hall–Kier alpha value is -4.58. The van der Waals surface area contributed by atoms with Crippen molar-refractivity contribution in [1.82, 2.24) is 40.1 Å². The van der Waals surface area contributed by atoms with Gasteiger partial charge in [0.1, 0.15) is 18.7 Å². The third-order valence-corrected chi connectivity index (χ3v) is 10.3. The number of nitrogens with one attached hydrogen (secondary N) is 3. The third-order valence-electron chi connectivity index (χ3n) is 8.40. The molecule has 3 amide bonds.